The summed E-state index contributed by atoms with van der Waals surface area (Å²) in [6, 6.07) is 4.72. The Kier molecular flexibility index (Phi) is 5.25. The number of hydrogen-bond donors (Lipinski definition) is 1. The number of ether oxygens (including phenoxy) is 1. The van der Waals surface area contributed by atoms with E-state index in [1.807, 2.05) is 0 Å². The molecule has 0 saturated carbocycles. The van der Waals surface area contributed by atoms with Gasteiger partial charge in [0.1, 0.15) is 11.4 Å². The summed E-state index contributed by atoms with van der Waals surface area (Å²) in [5.74, 6) is -6.32. The Hall–Kier alpha value is -3.84. The van der Waals surface area contributed by atoms with E-state index in [4.69, 9.17) is 4.74 Å². The maximum atomic E-state index is 13.9. The average Bonchev–Trinajstić information content (AvgIpc) is 3.10. The number of fused-ring (bicyclic) bond motifs is 1. The molecule has 0 aliphatic heterocycles. The van der Waals surface area contributed by atoms with Crippen molar-refractivity contribution in [3.8, 4) is 5.75 Å². The number of nitro groups is 1. The van der Waals surface area contributed by atoms with E-state index in [2.05, 4.69) is 15.4 Å². The Morgan fingerprint density at radius 2 is 1.87 bits per heavy atom. The number of non-ortho nitro benzene ring substituents is 1. The molecule has 0 fully saturated rings. The number of nitrogens with zero attached hydrogens (tertiary/aromatic N) is 4. The van der Waals surface area contributed by atoms with Crippen LogP contribution in [0.1, 0.15) is 21.9 Å². The van der Waals surface area contributed by atoms with Crippen LogP contribution in [0.4, 0.5) is 33.3 Å². The van der Waals surface area contributed by atoms with E-state index in [1.54, 1.807) is 0 Å². The lowest BCUT2D eigenvalue weighted by Crippen LogP contribution is -2.36. The molecule has 31 heavy (non-hydrogen) atoms. The van der Waals surface area contributed by atoms with Gasteiger partial charge in [0.25, 0.3) is 11.6 Å². The molecule has 0 radical (unpaired) electrons. The number of methoxy groups -OCH3 is 1. The minimum Gasteiger partial charge on any atom is -0.494 e. The van der Waals surface area contributed by atoms with Crippen molar-refractivity contribution < 1.29 is 36.4 Å². The molecule has 164 valence electrons. The number of aromatic nitrogens is 3. The molecule has 9 nitrogen and oxygen atoms in total. The number of nitro benzene ring substituents is 1. The van der Waals surface area contributed by atoms with Crippen LogP contribution in [0.3, 0.4) is 0 Å². The van der Waals surface area contributed by atoms with Gasteiger partial charge in [-0.3, -0.25) is 14.9 Å². The van der Waals surface area contributed by atoms with Gasteiger partial charge < -0.3 is 10.1 Å². The topological polar surface area (TPSA) is 112 Å². The minimum absolute atomic E-state index is 0.0138. The number of carbonyl (C=O) groups is 1. The highest BCUT2D eigenvalue weighted by atomic mass is 19.4. The fourth-order valence-electron chi connectivity index (χ4n) is 2.66. The number of alkyl halides is 5. The maximum Gasteiger partial charge on any atom is 0.459 e. The molecule has 14 heteroatoms. The lowest BCUT2D eigenvalue weighted by molar-refractivity contribution is -0.384. The minimum atomic E-state index is -5.89. The van der Waals surface area contributed by atoms with Crippen LogP contribution in [0, 0.1) is 17.0 Å². The first-order valence-corrected chi connectivity index (χ1v) is 8.31. The average molecular weight is 445 g/mol. The quantitative estimate of drug-likeness (QED) is 0.363. The summed E-state index contributed by atoms with van der Waals surface area (Å²) in [6.45, 7) is 1.21. The molecule has 1 amide bonds. The SMILES string of the molecule is COc1cc([N+](=O)[O-])ccc1NC(=O)c1cc2nc(C)cc(C(F)(F)C(F)(F)F)n2n1. The molecule has 1 aromatic carbocycles. The van der Waals surface area contributed by atoms with Crippen molar-refractivity contribution in [2.75, 3.05) is 12.4 Å². The standard InChI is InChI=1S/C17H12F5N5O4/c1-8-5-13(16(18,19)17(20,21)22)26-14(23-8)7-11(25-26)15(28)24-10-4-3-9(27(29)30)6-12(10)31-2/h3-7H,1-2H3,(H,24,28). The smallest absolute Gasteiger partial charge is 0.459 e. The molecular weight excluding hydrogens is 433 g/mol. The maximum absolute atomic E-state index is 13.9. The Morgan fingerprint density at radius 1 is 1.19 bits per heavy atom. The van der Waals surface area contributed by atoms with E-state index in [0.717, 1.165) is 24.3 Å². The van der Waals surface area contributed by atoms with Crippen molar-refractivity contribution in [3.63, 3.8) is 0 Å². The van der Waals surface area contributed by atoms with Crippen LogP contribution in [0.5, 0.6) is 5.75 Å². The van der Waals surface area contributed by atoms with Crippen molar-refractivity contribution in [3.05, 3.63) is 57.5 Å². The van der Waals surface area contributed by atoms with E-state index in [1.165, 1.54) is 14.0 Å². The van der Waals surface area contributed by atoms with Crippen LogP contribution >= 0.6 is 0 Å². The van der Waals surface area contributed by atoms with Gasteiger partial charge in [-0.05, 0) is 19.1 Å². The fourth-order valence-corrected chi connectivity index (χ4v) is 2.66. The molecule has 0 atom stereocenters. The number of amides is 1. The predicted molar refractivity (Wildman–Crippen MR) is 95.3 cm³/mol. The number of rotatable bonds is 5. The third-order valence-electron chi connectivity index (χ3n) is 4.11. The van der Waals surface area contributed by atoms with Gasteiger partial charge in [-0.25, -0.2) is 9.50 Å². The predicted octanol–water partition coefficient (Wildman–Crippen LogP) is 3.86. The zero-order valence-electron chi connectivity index (χ0n) is 15.7. The van der Waals surface area contributed by atoms with Crippen molar-refractivity contribution >= 4 is 22.9 Å². The Balaban J connectivity index is 2.02. The van der Waals surface area contributed by atoms with Gasteiger partial charge in [0, 0.05) is 17.8 Å². The summed E-state index contributed by atoms with van der Waals surface area (Å²) in [4.78, 5) is 26.5. The largest absolute Gasteiger partial charge is 0.494 e. The molecule has 0 spiro atoms. The highest BCUT2D eigenvalue weighted by molar-refractivity contribution is 6.04. The summed E-state index contributed by atoms with van der Waals surface area (Å²) in [7, 11) is 1.19. The van der Waals surface area contributed by atoms with Gasteiger partial charge in [0.05, 0.1) is 23.8 Å². The van der Waals surface area contributed by atoms with Crippen molar-refractivity contribution in [1.29, 1.82) is 0 Å². The second-order valence-corrected chi connectivity index (χ2v) is 6.25. The molecule has 0 bridgehead atoms. The lowest BCUT2D eigenvalue weighted by atomic mass is 10.2. The fraction of sp³-hybridized carbons (Fsp3) is 0.235. The molecule has 0 aliphatic rings. The van der Waals surface area contributed by atoms with Crippen LogP contribution < -0.4 is 10.1 Å². The van der Waals surface area contributed by atoms with Gasteiger partial charge in [-0.15, -0.1) is 0 Å². The summed E-state index contributed by atoms with van der Waals surface area (Å²) < 4.78 is 71.7. The molecule has 0 unspecified atom stereocenters. The number of hydrogen-bond acceptors (Lipinski definition) is 6. The Bertz CT molecular complexity index is 1190. The van der Waals surface area contributed by atoms with Gasteiger partial charge >= 0.3 is 12.1 Å². The molecule has 2 aromatic heterocycles. The van der Waals surface area contributed by atoms with E-state index in [9.17, 15) is 36.9 Å². The Morgan fingerprint density at radius 3 is 2.45 bits per heavy atom. The first-order chi connectivity index (χ1) is 14.3. The Labute approximate surface area is 169 Å². The molecule has 3 aromatic rings. The van der Waals surface area contributed by atoms with Crippen molar-refractivity contribution in [1.82, 2.24) is 14.6 Å². The summed E-state index contributed by atoms with van der Waals surface area (Å²) in [5.41, 5.74) is -2.90. The number of nitrogens with one attached hydrogen (secondary N) is 1. The third kappa shape index (κ3) is 3.95. The van der Waals surface area contributed by atoms with Gasteiger partial charge in [0.15, 0.2) is 11.3 Å². The van der Waals surface area contributed by atoms with E-state index in [-0.39, 0.29) is 27.3 Å². The molecule has 2 heterocycles. The van der Waals surface area contributed by atoms with Crippen molar-refractivity contribution in [2.45, 2.75) is 19.0 Å². The number of carbonyl (C=O) groups excluding carboxylic acids is 1. The lowest BCUT2D eigenvalue weighted by Gasteiger charge is -2.20. The number of halogens is 5. The van der Waals surface area contributed by atoms with Crippen LogP contribution in [0.15, 0.2) is 30.3 Å². The molecule has 3 rings (SSSR count). The summed E-state index contributed by atoms with van der Waals surface area (Å²) >= 11 is 0. The van der Waals surface area contributed by atoms with Crippen LogP contribution in [-0.2, 0) is 5.92 Å². The zero-order valence-corrected chi connectivity index (χ0v) is 15.7. The van der Waals surface area contributed by atoms with Crippen molar-refractivity contribution in [2.24, 2.45) is 0 Å². The van der Waals surface area contributed by atoms with Crippen LogP contribution in [0.25, 0.3) is 5.65 Å². The van der Waals surface area contributed by atoms with Gasteiger partial charge in [-0.2, -0.15) is 27.1 Å². The number of aryl methyl sites for hydroxylation is 1. The second kappa shape index (κ2) is 7.45. The van der Waals surface area contributed by atoms with Gasteiger partial charge in [0.2, 0.25) is 0 Å². The summed E-state index contributed by atoms with van der Waals surface area (Å²) in [5, 5.41) is 16.7. The molecular formula is C17H12F5N5O4. The highest BCUT2D eigenvalue weighted by Crippen LogP contribution is 2.43. The molecule has 0 saturated heterocycles. The normalized spacial score (nSPS) is 12.1. The van der Waals surface area contributed by atoms with Crippen LogP contribution in [0.2, 0.25) is 0 Å². The zero-order chi connectivity index (χ0) is 23.1. The molecule has 0 aliphatic carbocycles. The first kappa shape index (κ1) is 21.9. The van der Waals surface area contributed by atoms with Crippen LogP contribution in [-0.4, -0.2) is 38.7 Å². The van der Waals surface area contributed by atoms with E-state index in [0.29, 0.717) is 6.07 Å². The summed E-state index contributed by atoms with van der Waals surface area (Å²) in [6.07, 6.45) is -5.89. The number of benzene rings is 1. The second-order valence-electron chi connectivity index (χ2n) is 6.25. The first-order valence-electron chi connectivity index (χ1n) is 8.31. The molecule has 1 N–H and O–H groups in total. The van der Waals surface area contributed by atoms with E-state index < -0.39 is 40.0 Å². The van der Waals surface area contributed by atoms with E-state index >= 15 is 0 Å². The highest BCUT2D eigenvalue weighted by Gasteiger charge is 2.60. The monoisotopic (exact) mass is 445 g/mol. The van der Waals surface area contributed by atoms with Gasteiger partial charge in [-0.1, -0.05) is 0 Å². The third-order valence-corrected chi connectivity index (χ3v) is 4.11. The number of anilines is 1.